The minimum absolute atomic E-state index is 0.430. The molecule has 1 aliphatic carbocycles. The van der Waals surface area contributed by atoms with E-state index in [1.807, 2.05) is 29.2 Å². The number of imidazole rings is 1. The van der Waals surface area contributed by atoms with Gasteiger partial charge in [0, 0.05) is 41.8 Å². The summed E-state index contributed by atoms with van der Waals surface area (Å²) in [6.07, 6.45) is 11.3. The van der Waals surface area contributed by atoms with Gasteiger partial charge >= 0.3 is 0 Å². The Balaban J connectivity index is 1.42. The summed E-state index contributed by atoms with van der Waals surface area (Å²) >= 11 is 6.16. The van der Waals surface area contributed by atoms with E-state index in [2.05, 4.69) is 44.4 Å². The summed E-state index contributed by atoms with van der Waals surface area (Å²) < 4.78 is 3.60. The summed E-state index contributed by atoms with van der Waals surface area (Å²) in [5, 5.41) is 8.55. The second kappa shape index (κ2) is 6.17. The lowest BCUT2D eigenvalue weighted by Crippen LogP contribution is -2.47. The molecule has 0 unspecified atom stereocenters. The minimum atomic E-state index is 0.430. The van der Waals surface area contributed by atoms with E-state index < -0.39 is 0 Å². The highest BCUT2D eigenvalue weighted by Crippen LogP contribution is 2.28. The van der Waals surface area contributed by atoms with E-state index in [1.54, 1.807) is 16.8 Å². The minimum Gasteiger partial charge on any atom is -0.350 e. The molecule has 1 N–H and O–H groups in total. The Morgan fingerprint density at radius 2 is 1.96 bits per heavy atom. The molecule has 0 spiro atoms. The molecule has 1 saturated carbocycles. The van der Waals surface area contributed by atoms with Crippen molar-refractivity contribution in [2.45, 2.75) is 24.9 Å². The van der Waals surface area contributed by atoms with Crippen molar-refractivity contribution in [3.05, 3.63) is 42.2 Å². The Morgan fingerprint density at radius 1 is 1.15 bits per heavy atom. The highest BCUT2D eigenvalue weighted by molar-refractivity contribution is 6.29. The fourth-order valence-corrected chi connectivity index (χ4v) is 3.68. The van der Waals surface area contributed by atoms with Gasteiger partial charge in [-0.05, 0) is 33.0 Å². The van der Waals surface area contributed by atoms with Crippen molar-refractivity contribution in [3.8, 4) is 11.1 Å². The van der Waals surface area contributed by atoms with Gasteiger partial charge in [0.1, 0.15) is 5.15 Å². The van der Waals surface area contributed by atoms with Crippen LogP contribution < -0.4 is 5.32 Å². The van der Waals surface area contributed by atoms with Crippen LogP contribution in [-0.2, 0) is 0 Å². The summed E-state index contributed by atoms with van der Waals surface area (Å²) in [6, 6.07) is 3.08. The Hall–Kier alpha value is -2.71. The third-order valence-electron chi connectivity index (χ3n) is 5.22. The van der Waals surface area contributed by atoms with Crippen LogP contribution in [0.1, 0.15) is 12.8 Å². The lowest BCUT2D eigenvalue weighted by Gasteiger charge is -2.39. The van der Waals surface area contributed by atoms with Crippen LogP contribution in [-0.4, -0.2) is 60.0 Å². The zero-order valence-corrected chi connectivity index (χ0v) is 15.8. The molecule has 0 bridgehead atoms. The van der Waals surface area contributed by atoms with Crippen molar-refractivity contribution in [2.24, 2.45) is 0 Å². The Bertz CT molecular complexity index is 1130. The van der Waals surface area contributed by atoms with Gasteiger partial charge in [-0.3, -0.25) is 4.40 Å². The molecular formula is C18H19ClN8. The zero-order chi connectivity index (χ0) is 18.5. The van der Waals surface area contributed by atoms with E-state index in [1.165, 1.54) is 0 Å². The number of fused-ring (bicyclic) bond motifs is 2. The number of hydrogen-bond donors (Lipinski definition) is 1. The number of nitrogens with one attached hydrogen (secondary N) is 1. The smallest absolute Gasteiger partial charge is 0.241 e. The van der Waals surface area contributed by atoms with Crippen molar-refractivity contribution in [1.82, 2.24) is 33.9 Å². The average Bonchev–Trinajstić information content (AvgIpc) is 3.20. The first-order valence-corrected chi connectivity index (χ1v) is 9.22. The Labute approximate surface area is 160 Å². The van der Waals surface area contributed by atoms with Crippen LogP contribution in [0.4, 0.5) is 5.95 Å². The van der Waals surface area contributed by atoms with Gasteiger partial charge in [-0.15, -0.1) is 5.10 Å². The lowest BCUT2D eigenvalue weighted by atomic mass is 9.86. The number of hydrogen-bond acceptors (Lipinski definition) is 6. The van der Waals surface area contributed by atoms with Crippen LogP contribution >= 0.6 is 11.6 Å². The molecule has 0 amide bonds. The fraction of sp³-hybridized carbons (Fsp3) is 0.333. The molecule has 0 aliphatic heterocycles. The molecule has 0 atom stereocenters. The van der Waals surface area contributed by atoms with Gasteiger partial charge in [0.2, 0.25) is 11.7 Å². The highest BCUT2D eigenvalue weighted by Gasteiger charge is 2.30. The summed E-state index contributed by atoms with van der Waals surface area (Å²) in [7, 11) is 4.24. The third-order valence-corrected chi connectivity index (χ3v) is 5.50. The van der Waals surface area contributed by atoms with E-state index in [9.17, 15) is 0 Å². The first-order valence-electron chi connectivity index (χ1n) is 8.85. The maximum absolute atomic E-state index is 6.16. The van der Waals surface area contributed by atoms with Crippen LogP contribution in [0.3, 0.4) is 0 Å². The third kappa shape index (κ3) is 2.81. The number of aromatic nitrogens is 6. The maximum Gasteiger partial charge on any atom is 0.241 e. The van der Waals surface area contributed by atoms with E-state index in [4.69, 9.17) is 11.6 Å². The molecule has 138 valence electrons. The largest absolute Gasteiger partial charge is 0.350 e. The number of halogens is 1. The average molecular weight is 383 g/mol. The van der Waals surface area contributed by atoms with Gasteiger partial charge < -0.3 is 10.2 Å². The van der Waals surface area contributed by atoms with Crippen molar-refractivity contribution in [3.63, 3.8) is 0 Å². The van der Waals surface area contributed by atoms with Crippen LogP contribution in [0.5, 0.6) is 0 Å². The van der Waals surface area contributed by atoms with E-state index in [0.29, 0.717) is 29.0 Å². The molecule has 27 heavy (non-hydrogen) atoms. The molecule has 9 heteroatoms. The SMILES string of the molecule is CN(C)[C@H]1C[C@@H](Nc2ncc3c(-c4cnc5ncc(Cl)n5c4)ccn3n2)C1. The molecule has 4 aromatic heterocycles. The van der Waals surface area contributed by atoms with Crippen LogP contribution in [0.2, 0.25) is 5.15 Å². The lowest BCUT2D eigenvalue weighted by molar-refractivity contribution is 0.177. The zero-order valence-electron chi connectivity index (χ0n) is 15.0. The predicted octanol–water partition coefficient (Wildman–Crippen LogP) is 2.60. The van der Waals surface area contributed by atoms with Gasteiger partial charge in [-0.2, -0.15) is 0 Å². The van der Waals surface area contributed by atoms with Crippen molar-refractivity contribution >= 4 is 28.8 Å². The number of anilines is 1. The Morgan fingerprint density at radius 3 is 2.78 bits per heavy atom. The molecular weight excluding hydrogens is 364 g/mol. The van der Waals surface area contributed by atoms with Crippen LogP contribution in [0, 0.1) is 0 Å². The van der Waals surface area contributed by atoms with Gasteiger partial charge in [-0.1, -0.05) is 11.6 Å². The van der Waals surface area contributed by atoms with Crippen LogP contribution in [0.15, 0.2) is 37.1 Å². The summed E-state index contributed by atoms with van der Waals surface area (Å²) in [5.74, 6) is 1.23. The molecule has 8 nitrogen and oxygen atoms in total. The second-order valence-corrected chi connectivity index (χ2v) is 7.55. The number of nitrogens with zero attached hydrogens (tertiary/aromatic N) is 7. The standard InChI is InChI=1S/C18H19ClN8/c1-25(2)13-5-12(6-13)23-17-20-8-15-14(3-4-27(15)24-17)11-7-21-18-22-9-16(19)26(18)10-11/h3-4,7-10,12-13H,5-6H2,1-2H3,(H,23,24)/t12-,13+. The number of rotatable bonds is 4. The molecule has 0 saturated heterocycles. The normalized spacial score (nSPS) is 19.7. The first-order chi connectivity index (χ1) is 13.1. The first kappa shape index (κ1) is 16.5. The fourth-order valence-electron chi connectivity index (χ4n) is 3.51. The molecule has 1 aliphatic rings. The topological polar surface area (TPSA) is 75.6 Å². The molecule has 4 aromatic rings. The summed E-state index contributed by atoms with van der Waals surface area (Å²) in [5.41, 5.74) is 2.84. The van der Waals surface area contributed by atoms with Gasteiger partial charge in [0.05, 0.1) is 17.9 Å². The molecule has 0 aromatic carbocycles. The predicted molar refractivity (Wildman–Crippen MR) is 104 cm³/mol. The molecule has 5 rings (SSSR count). The summed E-state index contributed by atoms with van der Waals surface area (Å²) in [4.78, 5) is 15.3. The van der Waals surface area contributed by atoms with E-state index in [-0.39, 0.29) is 0 Å². The van der Waals surface area contributed by atoms with Gasteiger partial charge in [0.15, 0.2) is 0 Å². The Kier molecular flexibility index (Phi) is 3.76. The molecule has 0 radical (unpaired) electrons. The van der Waals surface area contributed by atoms with E-state index in [0.717, 1.165) is 29.5 Å². The van der Waals surface area contributed by atoms with E-state index >= 15 is 0 Å². The monoisotopic (exact) mass is 382 g/mol. The molecule has 1 fully saturated rings. The van der Waals surface area contributed by atoms with Crippen LogP contribution in [0.25, 0.3) is 22.4 Å². The summed E-state index contributed by atoms with van der Waals surface area (Å²) in [6.45, 7) is 0. The second-order valence-electron chi connectivity index (χ2n) is 7.16. The van der Waals surface area contributed by atoms with Crippen molar-refractivity contribution < 1.29 is 0 Å². The van der Waals surface area contributed by atoms with Gasteiger partial charge in [-0.25, -0.2) is 19.5 Å². The maximum atomic E-state index is 6.16. The quantitative estimate of drug-likeness (QED) is 0.584. The van der Waals surface area contributed by atoms with Gasteiger partial charge in [0.25, 0.3) is 0 Å². The molecule has 4 heterocycles. The van der Waals surface area contributed by atoms with Crippen molar-refractivity contribution in [2.75, 3.05) is 19.4 Å². The van der Waals surface area contributed by atoms with Crippen molar-refractivity contribution in [1.29, 1.82) is 0 Å². The highest BCUT2D eigenvalue weighted by atomic mass is 35.5.